The molecule has 0 saturated carbocycles. The van der Waals surface area contributed by atoms with Gasteiger partial charge >= 0.3 is 5.97 Å². The number of hydrogen-bond donors (Lipinski definition) is 0. The molecule has 100 valence electrons. The third kappa shape index (κ3) is 2.92. The van der Waals surface area contributed by atoms with Crippen molar-refractivity contribution in [3.8, 4) is 0 Å². The minimum Gasteiger partial charge on any atom is -0.466 e. The van der Waals surface area contributed by atoms with Gasteiger partial charge in [0, 0.05) is 18.7 Å². The van der Waals surface area contributed by atoms with Crippen LogP contribution in [0.1, 0.15) is 39.0 Å². The first kappa shape index (κ1) is 13.1. The Bertz CT molecular complexity index is 362. The molecule has 0 unspecified atom stereocenters. The highest BCUT2D eigenvalue weighted by molar-refractivity contribution is 5.94. The summed E-state index contributed by atoms with van der Waals surface area (Å²) in [6, 6.07) is 0. The Morgan fingerprint density at radius 3 is 2.94 bits per heavy atom. The van der Waals surface area contributed by atoms with Crippen LogP contribution < -0.4 is 0 Å². The maximum atomic E-state index is 12.2. The predicted molar refractivity (Wildman–Crippen MR) is 67.9 cm³/mol. The van der Waals surface area contributed by atoms with Gasteiger partial charge in [-0.2, -0.15) is 0 Å². The number of amides is 1. The summed E-state index contributed by atoms with van der Waals surface area (Å²) in [6.07, 6.45) is 6.74. The fourth-order valence-corrected chi connectivity index (χ4v) is 2.68. The molecule has 2 aliphatic rings. The average molecular weight is 251 g/mol. The number of allylic oxidation sites excluding steroid dienone is 1. The van der Waals surface area contributed by atoms with Crippen molar-refractivity contribution < 1.29 is 14.3 Å². The highest BCUT2D eigenvalue weighted by atomic mass is 16.5. The number of likely N-dealkylation sites (tertiary alicyclic amines) is 1. The Labute approximate surface area is 108 Å². The standard InChI is InChI=1S/C14H21NO3/c1-2-18-14(17)12-8-5-9-15(10-12)13(16)11-6-3-4-7-11/h6,12H,2-5,7-10H2,1H3/t12-/m1/s1. The average Bonchev–Trinajstić information content (AvgIpc) is 2.92. The first-order chi connectivity index (χ1) is 8.72. The minimum atomic E-state index is -0.157. The van der Waals surface area contributed by atoms with Crippen molar-refractivity contribution in [1.82, 2.24) is 4.90 Å². The van der Waals surface area contributed by atoms with E-state index in [4.69, 9.17) is 4.74 Å². The number of piperidine rings is 1. The van der Waals surface area contributed by atoms with E-state index >= 15 is 0 Å². The van der Waals surface area contributed by atoms with Crippen molar-refractivity contribution in [2.24, 2.45) is 5.92 Å². The lowest BCUT2D eigenvalue weighted by Gasteiger charge is -2.31. The Morgan fingerprint density at radius 1 is 1.44 bits per heavy atom. The summed E-state index contributed by atoms with van der Waals surface area (Å²) in [6.45, 7) is 3.52. The number of ether oxygens (including phenoxy) is 1. The second kappa shape index (κ2) is 6.03. The van der Waals surface area contributed by atoms with Gasteiger partial charge in [0.05, 0.1) is 12.5 Å². The van der Waals surface area contributed by atoms with Gasteiger partial charge in [0.15, 0.2) is 0 Å². The van der Waals surface area contributed by atoms with E-state index in [2.05, 4.69) is 0 Å². The van der Waals surface area contributed by atoms with E-state index in [1.54, 1.807) is 0 Å². The van der Waals surface area contributed by atoms with Crippen LogP contribution in [-0.4, -0.2) is 36.5 Å². The molecule has 1 fully saturated rings. The van der Waals surface area contributed by atoms with Crippen LogP contribution in [0.3, 0.4) is 0 Å². The summed E-state index contributed by atoms with van der Waals surface area (Å²) < 4.78 is 5.04. The normalized spacial score (nSPS) is 23.7. The van der Waals surface area contributed by atoms with Crippen LogP contribution in [0.25, 0.3) is 0 Å². The molecule has 4 nitrogen and oxygen atoms in total. The summed E-state index contributed by atoms with van der Waals surface area (Å²) in [5, 5.41) is 0. The third-order valence-corrected chi connectivity index (χ3v) is 3.64. The van der Waals surface area contributed by atoms with Crippen molar-refractivity contribution in [3.63, 3.8) is 0 Å². The Morgan fingerprint density at radius 2 is 2.28 bits per heavy atom. The monoisotopic (exact) mass is 251 g/mol. The van der Waals surface area contributed by atoms with Gasteiger partial charge < -0.3 is 9.64 Å². The molecular formula is C14H21NO3. The fourth-order valence-electron chi connectivity index (χ4n) is 2.68. The van der Waals surface area contributed by atoms with Crippen LogP contribution in [0.5, 0.6) is 0 Å². The third-order valence-electron chi connectivity index (χ3n) is 3.64. The second-order valence-corrected chi connectivity index (χ2v) is 4.96. The molecule has 1 aliphatic heterocycles. The lowest BCUT2D eigenvalue weighted by Crippen LogP contribution is -2.43. The molecule has 0 radical (unpaired) electrons. The van der Waals surface area contributed by atoms with Crippen LogP contribution in [0.2, 0.25) is 0 Å². The van der Waals surface area contributed by atoms with Crippen LogP contribution in [0, 0.1) is 5.92 Å². The van der Waals surface area contributed by atoms with Gasteiger partial charge in [-0.1, -0.05) is 6.08 Å². The van der Waals surface area contributed by atoms with Crippen LogP contribution in [0.15, 0.2) is 11.6 Å². The van der Waals surface area contributed by atoms with Gasteiger partial charge in [0.2, 0.25) is 5.91 Å². The van der Waals surface area contributed by atoms with Crippen molar-refractivity contribution in [3.05, 3.63) is 11.6 Å². The van der Waals surface area contributed by atoms with E-state index in [-0.39, 0.29) is 17.8 Å². The number of carbonyl (C=O) groups is 2. The zero-order valence-electron chi connectivity index (χ0n) is 11.0. The van der Waals surface area contributed by atoms with E-state index in [1.807, 2.05) is 17.9 Å². The smallest absolute Gasteiger partial charge is 0.310 e. The fraction of sp³-hybridized carbons (Fsp3) is 0.714. The van der Waals surface area contributed by atoms with Gasteiger partial charge in [0.25, 0.3) is 0 Å². The van der Waals surface area contributed by atoms with Gasteiger partial charge in [-0.15, -0.1) is 0 Å². The lowest BCUT2D eigenvalue weighted by atomic mass is 9.97. The van der Waals surface area contributed by atoms with Gasteiger partial charge in [-0.3, -0.25) is 9.59 Å². The van der Waals surface area contributed by atoms with E-state index < -0.39 is 0 Å². The highest BCUT2D eigenvalue weighted by Gasteiger charge is 2.30. The second-order valence-electron chi connectivity index (χ2n) is 4.96. The summed E-state index contributed by atoms with van der Waals surface area (Å²) in [4.78, 5) is 25.8. The van der Waals surface area contributed by atoms with E-state index in [9.17, 15) is 9.59 Å². The van der Waals surface area contributed by atoms with Crippen molar-refractivity contribution in [2.75, 3.05) is 19.7 Å². The van der Waals surface area contributed by atoms with Gasteiger partial charge in [-0.25, -0.2) is 0 Å². The highest BCUT2D eigenvalue weighted by Crippen LogP contribution is 2.24. The molecule has 1 saturated heterocycles. The minimum absolute atomic E-state index is 0.126. The molecule has 1 amide bonds. The molecule has 4 heteroatoms. The van der Waals surface area contributed by atoms with E-state index in [0.29, 0.717) is 13.2 Å². The molecule has 0 N–H and O–H groups in total. The molecular weight excluding hydrogens is 230 g/mol. The molecule has 0 spiro atoms. The van der Waals surface area contributed by atoms with Gasteiger partial charge in [0.1, 0.15) is 0 Å². The molecule has 2 rings (SSSR count). The maximum absolute atomic E-state index is 12.2. The van der Waals surface area contributed by atoms with Crippen molar-refractivity contribution >= 4 is 11.9 Å². The molecule has 0 bridgehead atoms. The molecule has 0 aromatic carbocycles. The molecule has 18 heavy (non-hydrogen) atoms. The summed E-state index contributed by atoms with van der Waals surface area (Å²) >= 11 is 0. The number of carbonyl (C=O) groups excluding carboxylic acids is 2. The van der Waals surface area contributed by atoms with Crippen molar-refractivity contribution in [1.29, 1.82) is 0 Å². The predicted octanol–water partition coefficient (Wildman–Crippen LogP) is 1.90. The SMILES string of the molecule is CCOC(=O)[C@@H]1CCCN(C(=O)C2=CCCC2)C1. The zero-order valence-corrected chi connectivity index (χ0v) is 11.0. The summed E-state index contributed by atoms with van der Waals surface area (Å²) in [7, 11) is 0. The Hall–Kier alpha value is -1.32. The number of esters is 1. The molecule has 1 heterocycles. The first-order valence-electron chi connectivity index (χ1n) is 6.87. The number of rotatable bonds is 3. The maximum Gasteiger partial charge on any atom is 0.310 e. The number of nitrogens with zero attached hydrogens (tertiary/aromatic N) is 1. The van der Waals surface area contributed by atoms with Crippen LogP contribution >= 0.6 is 0 Å². The first-order valence-corrected chi connectivity index (χ1v) is 6.87. The van der Waals surface area contributed by atoms with Crippen molar-refractivity contribution in [2.45, 2.75) is 39.0 Å². The number of hydrogen-bond acceptors (Lipinski definition) is 3. The molecule has 1 aliphatic carbocycles. The molecule has 1 atom stereocenters. The quantitative estimate of drug-likeness (QED) is 0.720. The van der Waals surface area contributed by atoms with Gasteiger partial charge in [-0.05, 0) is 39.0 Å². The Balaban J connectivity index is 1.93. The van der Waals surface area contributed by atoms with E-state index in [1.165, 1.54) is 0 Å². The van der Waals surface area contributed by atoms with Crippen LogP contribution in [0.4, 0.5) is 0 Å². The largest absolute Gasteiger partial charge is 0.466 e. The molecule has 0 aromatic heterocycles. The van der Waals surface area contributed by atoms with E-state index in [0.717, 1.165) is 44.2 Å². The Kier molecular flexibility index (Phi) is 4.39. The lowest BCUT2D eigenvalue weighted by molar-refractivity contribution is -0.150. The summed E-state index contributed by atoms with van der Waals surface area (Å²) in [5.41, 5.74) is 0.930. The summed E-state index contributed by atoms with van der Waals surface area (Å²) in [5.74, 6) is -0.165. The molecule has 0 aromatic rings. The van der Waals surface area contributed by atoms with Crippen LogP contribution in [-0.2, 0) is 14.3 Å². The zero-order chi connectivity index (χ0) is 13.0. The topological polar surface area (TPSA) is 46.6 Å².